The van der Waals surface area contributed by atoms with Crippen molar-refractivity contribution in [1.29, 1.82) is 0 Å². The third-order valence-electron chi connectivity index (χ3n) is 13.0. The lowest BCUT2D eigenvalue weighted by Gasteiger charge is -2.39. The Bertz CT molecular complexity index is 2940. The smallest absolute Gasteiger partial charge is 0.0714 e. The third kappa shape index (κ3) is 5.31. The Kier molecular flexibility index (Phi) is 8.13. The van der Waals surface area contributed by atoms with Crippen molar-refractivity contribution in [2.45, 2.75) is 24.7 Å². The quantitative estimate of drug-likeness (QED) is 0.163. The fourth-order valence-electron chi connectivity index (χ4n) is 10.3. The Morgan fingerprint density at radius 3 is 1.44 bits per heavy atom. The molecule has 1 nitrogen and oxygen atoms in total. The maximum Gasteiger partial charge on any atom is 0.0714 e. The number of fused-ring (bicyclic) bond motifs is 8. The fourth-order valence-corrected chi connectivity index (χ4v) is 10.3. The van der Waals surface area contributed by atoms with E-state index in [9.17, 15) is 0 Å². The van der Waals surface area contributed by atoms with Gasteiger partial charge in [-0.15, -0.1) is 0 Å². The number of hydrogen-bond acceptors (Lipinski definition) is 1. The lowest BCUT2D eigenvalue weighted by atomic mass is 9.63. The lowest BCUT2D eigenvalue weighted by molar-refractivity contribution is 0.660. The fraction of sp³-hybridized carbons (Fsp3) is 0.0690. The van der Waals surface area contributed by atoms with Crippen molar-refractivity contribution in [2.24, 2.45) is 0 Å². The highest BCUT2D eigenvalue weighted by Gasteiger charge is 2.44. The number of nitrogens with zero attached hydrogens (tertiary/aromatic N) is 1. The Morgan fingerprint density at radius 2 is 0.797 bits per heavy atom. The van der Waals surface area contributed by atoms with Gasteiger partial charge in [0.05, 0.1) is 11.1 Å². The minimum atomic E-state index is -0.639. The van der Waals surface area contributed by atoms with Gasteiger partial charge in [0.15, 0.2) is 0 Å². The molecule has 0 saturated heterocycles. The molecule has 0 N–H and O–H groups in total. The highest BCUT2D eigenvalue weighted by molar-refractivity contribution is 5.96. The van der Waals surface area contributed by atoms with Crippen molar-refractivity contribution < 1.29 is 0 Å². The second-order valence-electron chi connectivity index (χ2n) is 16.4. The minimum Gasteiger partial charge on any atom is -0.310 e. The standard InChI is InChI=1S/C58H43N/c1-57(2)51-30-14-13-29-50(51)56-54(57)33-18-34-55(56)59(44-37-35-41(36-38-44)40-19-5-3-6-20-40)45-24-17-23-43(39-45)58(42-21-7-4-8-22-42)52-31-15-11-27-48(52)46-25-9-10-26-47(46)49-28-12-16-32-53(49)58/h3-39H,1-2H3. The summed E-state index contributed by atoms with van der Waals surface area (Å²) < 4.78 is 0. The molecule has 0 radical (unpaired) electrons. The molecule has 0 atom stereocenters. The molecule has 0 amide bonds. The van der Waals surface area contributed by atoms with Gasteiger partial charge in [-0.3, -0.25) is 0 Å². The molecule has 0 aromatic heterocycles. The summed E-state index contributed by atoms with van der Waals surface area (Å²) in [5.74, 6) is 0. The van der Waals surface area contributed by atoms with Crippen LogP contribution in [-0.4, -0.2) is 0 Å². The van der Waals surface area contributed by atoms with Crippen molar-refractivity contribution in [3.63, 3.8) is 0 Å². The van der Waals surface area contributed by atoms with E-state index in [1.54, 1.807) is 0 Å². The number of rotatable bonds is 6. The first kappa shape index (κ1) is 35.0. The van der Waals surface area contributed by atoms with E-state index in [1.807, 2.05) is 0 Å². The molecule has 0 saturated carbocycles. The Hall–Kier alpha value is -7.22. The molecule has 1 heteroatoms. The van der Waals surface area contributed by atoms with E-state index in [0.29, 0.717) is 0 Å². The zero-order valence-corrected chi connectivity index (χ0v) is 33.3. The molecule has 280 valence electrons. The van der Waals surface area contributed by atoms with Gasteiger partial charge in [0.2, 0.25) is 0 Å². The maximum atomic E-state index is 2.50. The second kappa shape index (κ2) is 13.7. The van der Waals surface area contributed by atoms with Gasteiger partial charge in [-0.1, -0.05) is 208 Å². The molecule has 9 aromatic carbocycles. The van der Waals surface area contributed by atoms with Crippen molar-refractivity contribution in [3.05, 3.63) is 258 Å². The van der Waals surface area contributed by atoms with Crippen molar-refractivity contribution in [1.82, 2.24) is 0 Å². The Labute approximate surface area is 347 Å². The van der Waals surface area contributed by atoms with E-state index < -0.39 is 5.41 Å². The van der Waals surface area contributed by atoms with Gasteiger partial charge >= 0.3 is 0 Å². The van der Waals surface area contributed by atoms with Crippen LogP contribution in [0, 0.1) is 0 Å². The van der Waals surface area contributed by atoms with Gasteiger partial charge in [-0.05, 0) is 103 Å². The summed E-state index contributed by atoms with van der Waals surface area (Å²) in [5, 5.41) is 0. The van der Waals surface area contributed by atoms with Gasteiger partial charge < -0.3 is 4.90 Å². The molecule has 59 heavy (non-hydrogen) atoms. The highest BCUT2D eigenvalue weighted by atomic mass is 15.1. The van der Waals surface area contributed by atoms with E-state index in [-0.39, 0.29) is 5.41 Å². The van der Waals surface area contributed by atoms with Crippen molar-refractivity contribution in [2.75, 3.05) is 4.90 Å². The van der Waals surface area contributed by atoms with Crippen molar-refractivity contribution in [3.8, 4) is 44.5 Å². The van der Waals surface area contributed by atoms with Crippen LogP contribution in [0.2, 0.25) is 0 Å². The normalized spacial score (nSPS) is 13.9. The largest absolute Gasteiger partial charge is 0.310 e. The predicted octanol–water partition coefficient (Wildman–Crippen LogP) is 15.2. The summed E-state index contributed by atoms with van der Waals surface area (Å²) in [6, 6.07) is 83.3. The molecular weight excluding hydrogens is 711 g/mol. The topological polar surface area (TPSA) is 3.24 Å². The molecule has 9 aromatic rings. The van der Waals surface area contributed by atoms with Crippen LogP contribution < -0.4 is 4.90 Å². The molecule has 0 fully saturated rings. The SMILES string of the molecule is CC1(C)c2ccccc2-c2c(N(c3ccc(-c4ccccc4)cc3)c3cccc(C4(c5ccccc5)c5ccccc5-c5ccccc5-c5ccccc54)c3)cccc21. The van der Waals surface area contributed by atoms with Crippen LogP contribution >= 0.6 is 0 Å². The second-order valence-corrected chi connectivity index (χ2v) is 16.4. The minimum absolute atomic E-state index is 0.132. The molecule has 0 heterocycles. The van der Waals surface area contributed by atoms with Gasteiger partial charge in [-0.2, -0.15) is 0 Å². The van der Waals surface area contributed by atoms with Crippen LogP contribution in [0.4, 0.5) is 17.1 Å². The summed E-state index contributed by atoms with van der Waals surface area (Å²) in [4.78, 5) is 2.50. The van der Waals surface area contributed by atoms with Gasteiger partial charge in [0, 0.05) is 22.4 Å². The van der Waals surface area contributed by atoms with E-state index in [2.05, 4.69) is 243 Å². The number of hydrogen-bond donors (Lipinski definition) is 0. The van der Waals surface area contributed by atoms with Crippen molar-refractivity contribution >= 4 is 17.1 Å². The van der Waals surface area contributed by atoms with E-state index in [0.717, 1.165) is 11.4 Å². The molecule has 0 bridgehead atoms. The molecular formula is C58H43N. The Morgan fingerprint density at radius 1 is 0.322 bits per heavy atom. The van der Waals surface area contributed by atoms with E-state index in [4.69, 9.17) is 0 Å². The van der Waals surface area contributed by atoms with Gasteiger partial charge in [0.1, 0.15) is 0 Å². The van der Waals surface area contributed by atoms with Crippen LogP contribution in [0.1, 0.15) is 47.2 Å². The summed E-state index contributed by atoms with van der Waals surface area (Å²) in [6.07, 6.45) is 0. The molecule has 0 unspecified atom stereocenters. The predicted molar refractivity (Wildman–Crippen MR) is 247 cm³/mol. The summed E-state index contributed by atoms with van der Waals surface area (Å²) in [5.41, 5.74) is 20.4. The van der Waals surface area contributed by atoms with E-state index in [1.165, 1.54) is 83.6 Å². The monoisotopic (exact) mass is 753 g/mol. The summed E-state index contributed by atoms with van der Waals surface area (Å²) in [6.45, 7) is 4.73. The highest BCUT2D eigenvalue weighted by Crippen LogP contribution is 2.57. The number of benzene rings is 9. The van der Waals surface area contributed by atoms with Gasteiger partial charge in [0.25, 0.3) is 0 Å². The van der Waals surface area contributed by atoms with Crippen LogP contribution in [0.25, 0.3) is 44.5 Å². The summed E-state index contributed by atoms with van der Waals surface area (Å²) >= 11 is 0. The number of anilines is 3. The molecule has 11 rings (SSSR count). The van der Waals surface area contributed by atoms with Gasteiger partial charge in [-0.25, -0.2) is 0 Å². The summed E-state index contributed by atoms with van der Waals surface area (Å²) in [7, 11) is 0. The Balaban J connectivity index is 1.21. The molecule has 0 spiro atoms. The van der Waals surface area contributed by atoms with E-state index >= 15 is 0 Å². The molecule has 2 aliphatic rings. The first-order valence-corrected chi connectivity index (χ1v) is 20.7. The molecule has 0 aliphatic heterocycles. The zero-order chi connectivity index (χ0) is 39.6. The third-order valence-corrected chi connectivity index (χ3v) is 13.0. The zero-order valence-electron chi connectivity index (χ0n) is 33.3. The average Bonchev–Trinajstić information content (AvgIpc) is 3.47. The van der Waals surface area contributed by atoms with Crippen LogP contribution in [0.3, 0.4) is 0 Å². The first-order chi connectivity index (χ1) is 29.0. The molecule has 2 aliphatic carbocycles. The van der Waals surface area contributed by atoms with Crippen LogP contribution in [-0.2, 0) is 10.8 Å². The lowest BCUT2D eigenvalue weighted by Crippen LogP contribution is -2.32. The van der Waals surface area contributed by atoms with Crippen LogP contribution in [0.15, 0.2) is 224 Å². The first-order valence-electron chi connectivity index (χ1n) is 20.7. The maximum absolute atomic E-state index is 2.50. The average molecular weight is 754 g/mol. The van der Waals surface area contributed by atoms with Crippen LogP contribution in [0.5, 0.6) is 0 Å².